The van der Waals surface area contributed by atoms with E-state index in [1.807, 2.05) is 0 Å². The third-order valence-electron chi connectivity index (χ3n) is 2.33. The lowest BCUT2D eigenvalue weighted by atomic mass is 10.3. The molecule has 0 spiro atoms. The van der Waals surface area contributed by atoms with Gasteiger partial charge in [-0.1, -0.05) is 0 Å². The van der Waals surface area contributed by atoms with Crippen LogP contribution in [0.3, 0.4) is 0 Å². The zero-order valence-corrected chi connectivity index (χ0v) is 10.2. The highest BCUT2D eigenvalue weighted by atomic mass is 19.1. The van der Waals surface area contributed by atoms with Crippen LogP contribution in [0.15, 0.2) is 12.4 Å². The van der Waals surface area contributed by atoms with Gasteiger partial charge >= 0.3 is 0 Å². The standard InChI is InChI=1S/C11H12FN5O/c1-6-9(12)11(13-2)17-10(16-6)7-4-8(18-3)15-5-14-7/h4-5H,1-3H3,(H,13,16,17). The lowest BCUT2D eigenvalue weighted by Gasteiger charge is -2.07. The Hall–Kier alpha value is -2.31. The molecule has 0 aromatic carbocycles. The number of aromatic nitrogens is 4. The van der Waals surface area contributed by atoms with Gasteiger partial charge in [-0.2, -0.15) is 0 Å². The second kappa shape index (κ2) is 4.91. The first-order valence-corrected chi connectivity index (χ1v) is 5.24. The first kappa shape index (κ1) is 12.2. The lowest BCUT2D eigenvalue weighted by Crippen LogP contribution is -2.04. The van der Waals surface area contributed by atoms with Crippen LogP contribution >= 0.6 is 0 Å². The van der Waals surface area contributed by atoms with Crippen LogP contribution in [0.1, 0.15) is 5.69 Å². The fraction of sp³-hybridized carbons (Fsp3) is 0.273. The van der Waals surface area contributed by atoms with Crippen molar-refractivity contribution < 1.29 is 9.13 Å². The van der Waals surface area contributed by atoms with Crippen molar-refractivity contribution in [2.45, 2.75) is 6.92 Å². The first-order chi connectivity index (χ1) is 8.65. The van der Waals surface area contributed by atoms with Crippen LogP contribution in [-0.2, 0) is 0 Å². The van der Waals surface area contributed by atoms with Crippen molar-refractivity contribution in [1.29, 1.82) is 0 Å². The van der Waals surface area contributed by atoms with Crippen LogP contribution in [0.2, 0.25) is 0 Å². The SMILES string of the molecule is CNc1nc(-c2cc(OC)ncn2)nc(C)c1F. The topological polar surface area (TPSA) is 72.8 Å². The summed E-state index contributed by atoms with van der Waals surface area (Å²) in [6, 6.07) is 1.59. The van der Waals surface area contributed by atoms with E-state index in [0.29, 0.717) is 17.4 Å². The van der Waals surface area contributed by atoms with Gasteiger partial charge in [-0.15, -0.1) is 0 Å². The van der Waals surface area contributed by atoms with Crippen LogP contribution in [0.4, 0.5) is 10.2 Å². The highest BCUT2D eigenvalue weighted by Crippen LogP contribution is 2.20. The molecule has 0 atom stereocenters. The number of hydrogen-bond donors (Lipinski definition) is 1. The molecule has 0 unspecified atom stereocenters. The summed E-state index contributed by atoms with van der Waals surface area (Å²) < 4.78 is 18.6. The molecular weight excluding hydrogens is 237 g/mol. The number of halogens is 1. The fourth-order valence-electron chi connectivity index (χ4n) is 1.41. The summed E-state index contributed by atoms with van der Waals surface area (Å²) in [6.45, 7) is 1.57. The molecule has 0 amide bonds. The minimum absolute atomic E-state index is 0.134. The van der Waals surface area contributed by atoms with Gasteiger partial charge in [0.1, 0.15) is 12.0 Å². The van der Waals surface area contributed by atoms with Gasteiger partial charge in [-0.05, 0) is 6.92 Å². The molecule has 2 heterocycles. The van der Waals surface area contributed by atoms with E-state index in [2.05, 4.69) is 25.3 Å². The summed E-state index contributed by atoms with van der Waals surface area (Å²) in [5.41, 5.74) is 0.725. The van der Waals surface area contributed by atoms with Crippen LogP contribution in [-0.4, -0.2) is 34.1 Å². The van der Waals surface area contributed by atoms with Gasteiger partial charge in [0.05, 0.1) is 12.8 Å². The predicted molar refractivity (Wildman–Crippen MR) is 63.9 cm³/mol. The second-order valence-electron chi connectivity index (χ2n) is 3.49. The number of nitrogens with one attached hydrogen (secondary N) is 1. The smallest absolute Gasteiger partial charge is 0.216 e. The summed E-state index contributed by atoms with van der Waals surface area (Å²) in [6.07, 6.45) is 1.34. The molecule has 0 aliphatic rings. The molecule has 6 nitrogen and oxygen atoms in total. The summed E-state index contributed by atoms with van der Waals surface area (Å²) in [4.78, 5) is 16.0. The molecule has 1 N–H and O–H groups in total. The Balaban J connectivity index is 2.53. The summed E-state index contributed by atoms with van der Waals surface area (Å²) in [5, 5.41) is 2.67. The van der Waals surface area contributed by atoms with Gasteiger partial charge in [0.2, 0.25) is 5.88 Å². The van der Waals surface area contributed by atoms with Crippen LogP contribution in [0.5, 0.6) is 5.88 Å². The zero-order valence-electron chi connectivity index (χ0n) is 10.2. The number of aryl methyl sites for hydroxylation is 1. The van der Waals surface area contributed by atoms with E-state index in [0.717, 1.165) is 0 Å². The third kappa shape index (κ3) is 2.20. The number of ether oxygens (including phenoxy) is 1. The Morgan fingerprint density at radius 3 is 2.72 bits per heavy atom. The van der Waals surface area contributed by atoms with Crippen molar-refractivity contribution in [3.63, 3.8) is 0 Å². The Morgan fingerprint density at radius 1 is 1.28 bits per heavy atom. The average molecular weight is 249 g/mol. The molecule has 0 bridgehead atoms. The maximum Gasteiger partial charge on any atom is 0.216 e. The molecule has 7 heteroatoms. The molecular formula is C11H12FN5O. The number of anilines is 1. The summed E-state index contributed by atoms with van der Waals surface area (Å²) >= 11 is 0. The van der Waals surface area contributed by atoms with Crippen molar-refractivity contribution >= 4 is 5.82 Å². The van der Waals surface area contributed by atoms with E-state index in [1.165, 1.54) is 13.4 Å². The first-order valence-electron chi connectivity index (χ1n) is 5.24. The van der Waals surface area contributed by atoms with Gasteiger partial charge in [0.15, 0.2) is 17.5 Å². The van der Waals surface area contributed by atoms with E-state index in [-0.39, 0.29) is 11.5 Å². The van der Waals surface area contributed by atoms with Crippen molar-refractivity contribution in [1.82, 2.24) is 19.9 Å². The monoisotopic (exact) mass is 249 g/mol. The predicted octanol–water partition coefficient (Wildman–Crippen LogP) is 1.43. The summed E-state index contributed by atoms with van der Waals surface area (Å²) in [5.74, 6) is 0.382. The zero-order chi connectivity index (χ0) is 13.1. The number of methoxy groups -OCH3 is 1. The Kier molecular flexibility index (Phi) is 3.31. The normalized spacial score (nSPS) is 10.2. The number of rotatable bonds is 3. The van der Waals surface area contributed by atoms with E-state index < -0.39 is 5.82 Å². The third-order valence-corrected chi connectivity index (χ3v) is 2.33. The largest absolute Gasteiger partial charge is 0.481 e. The van der Waals surface area contributed by atoms with Gasteiger partial charge in [0.25, 0.3) is 0 Å². The minimum atomic E-state index is -0.470. The summed E-state index contributed by atoms with van der Waals surface area (Å²) in [7, 11) is 3.09. The molecule has 0 saturated carbocycles. The molecule has 0 fully saturated rings. The van der Waals surface area contributed by atoms with Gasteiger partial charge < -0.3 is 10.1 Å². The molecule has 0 saturated heterocycles. The Labute approximate surface area is 103 Å². The maximum absolute atomic E-state index is 13.6. The maximum atomic E-state index is 13.6. The van der Waals surface area contributed by atoms with Crippen LogP contribution < -0.4 is 10.1 Å². The number of hydrogen-bond acceptors (Lipinski definition) is 6. The van der Waals surface area contributed by atoms with Crippen LogP contribution in [0.25, 0.3) is 11.5 Å². The van der Waals surface area contributed by atoms with Gasteiger partial charge in [0, 0.05) is 13.1 Å². The molecule has 0 radical (unpaired) electrons. The van der Waals surface area contributed by atoms with Crippen molar-refractivity contribution in [2.75, 3.05) is 19.5 Å². The van der Waals surface area contributed by atoms with E-state index in [4.69, 9.17) is 4.74 Å². The Bertz CT molecular complexity index is 575. The van der Waals surface area contributed by atoms with Crippen molar-refractivity contribution in [3.8, 4) is 17.4 Å². The lowest BCUT2D eigenvalue weighted by molar-refractivity contribution is 0.397. The molecule has 94 valence electrons. The highest BCUT2D eigenvalue weighted by Gasteiger charge is 2.13. The molecule has 0 aliphatic carbocycles. The fourth-order valence-corrected chi connectivity index (χ4v) is 1.41. The molecule has 2 rings (SSSR count). The molecule has 2 aromatic rings. The van der Waals surface area contributed by atoms with E-state index in [1.54, 1.807) is 20.0 Å². The van der Waals surface area contributed by atoms with Gasteiger partial charge in [-0.25, -0.2) is 24.3 Å². The van der Waals surface area contributed by atoms with Gasteiger partial charge in [-0.3, -0.25) is 0 Å². The quantitative estimate of drug-likeness (QED) is 0.887. The molecule has 18 heavy (non-hydrogen) atoms. The molecule has 2 aromatic heterocycles. The highest BCUT2D eigenvalue weighted by molar-refractivity contribution is 5.54. The van der Waals surface area contributed by atoms with Crippen molar-refractivity contribution in [3.05, 3.63) is 23.9 Å². The van der Waals surface area contributed by atoms with Crippen molar-refractivity contribution in [2.24, 2.45) is 0 Å². The van der Waals surface area contributed by atoms with E-state index in [9.17, 15) is 4.39 Å². The second-order valence-corrected chi connectivity index (χ2v) is 3.49. The number of nitrogens with zero attached hydrogens (tertiary/aromatic N) is 4. The average Bonchev–Trinajstić information content (AvgIpc) is 2.41. The van der Waals surface area contributed by atoms with Crippen LogP contribution in [0, 0.1) is 12.7 Å². The molecule has 0 aliphatic heterocycles. The Morgan fingerprint density at radius 2 is 2.06 bits per heavy atom. The minimum Gasteiger partial charge on any atom is -0.481 e. The van der Waals surface area contributed by atoms with E-state index >= 15 is 0 Å².